The van der Waals surface area contributed by atoms with Crippen LogP contribution < -0.4 is 5.32 Å². The second-order valence-electron chi connectivity index (χ2n) is 8.33. The second-order valence-corrected chi connectivity index (χ2v) is 8.33. The lowest BCUT2D eigenvalue weighted by atomic mass is 10.0. The van der Waals surface area contributed by atoms with Gasteiger partial charge in [0.05, 0.1) is 6.26 Å². The van der Waals surface area contributed by atoms with Crippen LogP contribution in [0.5, 0.6) is 0 Å². The van der Waals surface area contributed by atoms with Gasteiger partial charge in [0.1, 0.15) is 0 Å². The van der Waals surface area contributed by atoms with Gasteiger partial charge in [-0.1, -0.05) is 19.1 Å². The van der Waals surface area contributed by atoms with E-state index in [1.54, 1.807) is 6.07 Å². The summed E-state index contributed by atoms with van der Waals surface area (Å²) in [6.45, 7) is 11.6. The van der Waals surface area contributed by atoms with Gasteiger partial charge in [-0.25, -0.2) is 0 Å². The summed E-state index contributed by atoms with van der Waals surface area (Å²) in [6, 6.07) is 10.3. The highest BCUT2D eigenvalue weighted by Gasteiger charge is 2.26. The average Bonchev–Trinajstić information content (AvgIpc) is 3.18. The molecule has 2 heterocycles. The average molecular weight is 412 g/mol. The maximum Gasteiger partial charge on any atom is 0.287 e. The van der Waals surface area contributed by atoms with E-state index in [2.05, 4.69) is 43.1 Å². The minimum Gasteiger partial charge on any atom is -0.459 e. The van der Waals surface area contributed by atoms with E-state index in [9.17, 15) is 9.59 Å². The molecule has 1 aliphatic heterocycles. The Morgan fingerprint density at radius 1 is 1.17 bits per heavy atom. The molecule has 1 N–H and O–H groups in total. The van der Waals surface area contributed by atoms with E-state index in [1.807, 2.05) is 24.0 Å². The number of carbonyl (C=O) groups is 2. The molecule has 6 nitrogen and oxygen atoms in total. The van der Waals surface area contributed by atoms with Crippen LogP contribution in [0.2, 0.25) is 0 Å². The quantitative estimate of drug-likeness (QED) is 0.752. The van der Waals surface area contributed by atoms with Gasteiger partial charge in [0.25, 0.3) is 11.8 Å². The van der Waals surface area contributed by atoms with Gasteiger partial charge in [-0.2, -0.15) is 0 Å². The van der Waals surface area contributed by atoms with Gasteiger partial charge in [-0.3, -0.25) is 14.5 Å². The first-order chi connectivity index (χ1) is 14.4. The number of furan rings is 1. The number of aryl methyl sites for hydroxylation is 1. The van der Waals surface area contributed by atoms with E-state index in [1.165, 1.54) is 11.8 Å². The van der Waals surface area contributed by atoms with Crippen LogP contribution in [0.1, 0.15) is 65.7 Å². The number of piperidine rings is 1. The third-order valence-electron chi connectivity index (χ3n) is 5.91. The lowest BCUT2D eigenvalue weighted by molar-refractivity contribution is 0.0695. The number of hydrogen-bond donors (Lipinski definition) is 1. The number of amides is 2. The molecule has 0 spiro atoms. The Bertz CT molecular complexity index is 849. The van der Waals surface area contributed by atoms with Gasteiger partial charge < -0.3 is 14.6 Å². The molecule has 1 aromatic heterocycles. The van der Waals surface area contributed by atoms with Crippen LogP contribution in [-0.2, 0) is 6.54 Å². The van der Waals surface area contributed by atoms with Crippen molar-refractivity contribution in [2.45, 2.75) is 59.2 Å². The maximum absolute atomic E-state index is 12.9. The third-order valence-corrected chi connectivity index (χ3v) is 5.91. The topological polar surface area (TPSA) is 65.8 Å². The minimum atomic E-state index is -0.180. The molecule has 3 rings (SSSR count). The fourth-order valence-electron chi connectivity index (χ4n) is 3.91. The summed E-state index contributed by atoms with van der Waals surface area (Å²) in [5.74, 6) is 0.248. The molecule has 6 heteroatoms. The van der Waals surface area contributed by atoms with Crippen molar-refractivity contribution in [3.8, 4) is 0 Å². The number of carbonyl (C=O) groups excluding carboxylic acids is 2. The van der Waals surface area contributed by atoms with Gasteiger partial charge in [0.2, 0.25) is 0 Å². The summed E-state index contributed by atoms with van der Waals surface area (Å²) in [4.78, 5) is 29.5. The molecule has 2 aromatic rings. The Morgan fingerprint density at radius 3 is 2.37 bits per heavy atom. The first-order valence-corrected chi connectivity index (χ1v) is 10.9. The van der Waals surface area contributed by atoms with E-state index in [0.29, 0.717) is 24.9 Å². The molecular weight excluding hydrogens is 378 g/mol. The zero-order valence-electron chi connectivity index (χ0n) is 18.5. The van der Waals surface area contributed by atoms with Crippen LogP contribution in [0, 0.1) is 6.92 Å². The van der Waals surface area contributed by atoms with Crippen molar-refractivity contribution >= 4 is 11.8 Å². The monoisotopic (exact) mass is 411 g/mol. The summed E-state index contributed by atoms with van der Waals surface area (Å²) < 4.78 is 5.26. The normalized spacial score (nSPS) is 15.1. The number of rotatable bonds is 7. The number of benzene rings is 1. The van der Waals surface area contributed by atoms with Crippen LogP contribution >= 0.6 is 0 Å². The number of likely N-dealkylation sites (tertiary alicyclic amines) is 1. The van der Waals surface area contributed by atoms with Gasteiger partial charge in [-0.05, 0) is 63.9 Å². The molecule has 1 aliphatic rings. The molecular formula is C24H33N3O3. The Morgan fingerprint density at radius 2 is 1.83 bits per heavy atom. The largest absolute Gasteiger partial charge is 0.459 e. The van der Waals surface area contributed by atoms with Crippen LogP contribution in [0.4, 0.5) is 0 Å². The van der Waals surface area contributed by atoms with Crippen molar-refractivity contribution in [2.75, 3.05) is 19.6 Å². The lowest BCUT2D eigenvalue weighted by Gasteiger charge is -2.32. The SMILES string of the molecule is CCN(Cc1ccc(C(=O)N2CCC(NC(=O)c3occc3C)CC2)cc1)C(C)C. The molecule has 1 fully saturated rings. The van der Waals surface area contributed by atoms with E-state index in [4.69, 9.17) is 4.42 Å². The lowest BCUT2D eigenvalue weighted by Crippen LogP contribution is -2.46. The Kier molecular flexibility index (Phi) is 7.32. The highest BCUT2D eigenvalue weighted by molar-refractivity contribution is 5.94. The predicted octanol–water partition coefficient (Wildman–Crippen LogP) is 3.85. The standard InChI is InChI=1S/C24H33N3O3/c1-5-26(17(2)3)16-19-6-8-20(9-7-19)24(29)27-13-10-21(11-14-27)25-23(28)22-18(4)12-15-30-22/h6-9,12,15,17,21H,5,10-11,13-14,16H2,1-4H3,(H,25,28). The molecule has 0 radical (unpaired) electrons. The highest BCUT2D eigenvalue weighted by Crippen LogP contribution is 2.17. The molecule has 0 unspecified atom stereocenters. The van der Waals surface area contributed by atoms with Crippen molar-refractivity contribution in [1.29, 1.82) is 0 Å². The van der Waals surface area contributed by atoms with E-state index >= 15 is 0 Å². The fraction of sp³-hybridized carbons (Fsp3) is 0.500. The van der Waals surface area contributed by atoms with Crippen LogP contribution in [-0.4, -0.2) is 53.3 Å². The van der Waals surface area contributed by atoms with E-state index in [0.717, 1.165) is 37.1 Å². The molecule has 162 valence electrons. The van der Waals surface area contributed by atoms with Gasteiger partial charge in [-0.15, -0.1) is 0 Å². The third kappa shape index (κ3) is 5.30. The maximum atomic E-state index is 12.9. The van der Waals surface area contributed by atoms with Crippen LogP contribution in [0.3, 0.4) is 0 Å². The van der Waals surface area contributed by atoms with Gasteiger partial charge >= 0.3 is 0 Å². The summed E-state index contributed by atoms with van der Waals surface area (Å²) in [7, 11) is 0. The van der Waals surface area contributed by atoms with Gasteiger partial charge in [0, 0.05) is 42.8 Å². The zero-order chi connectivity index (χ0) is 21.7. The summed E-state index contributed by atoms with van der Waals surface area (Å²) in [5, 5.41) is 3.03. The zero-order valence-corrected chi connectivity index (χ0v) is 18.5. The smallest absolute Gasteiger partial charge is 0.287 e. The molecule has 0 atom stereocenters. The van der Waals surface area contributed by atoms with Crippen molar-refractivity contribution in [2.24, 2.45) is 0 Å². The van der Waals surface area contributed by atoms with E-state index in [-0.39, 0.29) is 17.9 Å². The van der Waals surface area contributed by atoms with Crippen molar-refractivity contribution in [1.82, 2.24) is 15.1 Å². The number of hydrogen-bond acceptors (Lipinski definition) is 4. The first kappa shape index (κ1) is 22.1. The van der Waals surface area contributed by atoms with Crippen molar-refractivity contribution in [3.63, 3.8) is 0 Å². The van der Waals surface area contributed by atoms with Gasteiger partial charge in [0.15, 0.2) is 5.76 Å². The van der Waals surface area contributed by atoms with Crippen molar-refractivity contribution < 1.29 is 14.0 Å². The molecule has 0 aliphatic carbocycles. The first-order valence-electron chi connectivity index (χ1n) is 10.9. The molecule has 30 heavy (non-hydrogen) atoms. The Labute approximate surface area is 179 Å². The van der Waals surface area contributed by atoms with Crippen molar-refractivity contribution in [3.05, 3.63) is 59.0 Å². The molecule has 2 amide bonds. The Hall–Kier alpha value is -2.60. The van der Waals surface area contributed by atoms with Crippen LogP contribution in [0.15, 0.2) is 41.0 Å². The van der Waals surface area contributed by atoms with E-state index < -0.39 is 0 Å². The number of nitrogens with one attached hydrogen (secondary N) is 1. The molecule has 1 aromatic carbocycles. The molecule has 0 bridgehead atoms. The Balaban J connectivity index is 1.51. The fourth-order valence-corrected chi connectivity index (χ4v) is 3.91. The summed E-state index contributed by atoms with van der Waals surface area (Å²) >= 11 is 0. The summed E-state index contributed by atoms with van der Waals surface area (Å²) in [6.07, 6.45) is 3.02. The molecule has 0 saturated carbocycles. The summed E-state index contributed by atoms with van der Waals surface area (Å²) in [5.41, 5.74) is 2.77. The van der Waals surface area contributed by atoms with Crippen LogP contribution in [0.25, 0.3) is 0 Å². The minimum absolute atomic E-state index is 0.0596. The molecule has 1 saturated heterocycles. The predicted molar refractivity (Wildman–Crippen MR) is 117 cm³/mol. The number of nitrogens with zero attached hydrogens (tertiary/aromatic N) is 2. The second kappa shape index (κ2) is 9.94. The highest BCUT2D eigenvalue weighted by atomic mass is 16.3.